The third-order valence-corrected chi connectivity index (χ3v) is 2.44. The number of carbonyl (C=O) groups is 1. The largest absolute Gasteiger partial charge is 0.450 e. The first-order chi connectivity index (χ1) is 7.39. The van der Waals surface area contributed by atoms with Gasteiger partial charge in [0, 0.05) is 5.92 Å². The summed E-state index contributed by atoms with van der Waals surface area (Å²) >= 11 is 0. The van der Waals surface area contributed by atoms with Crippen LogP contribution in [0.2, 0.25) is 0 Å². The number of Topliss-reactive ketones (excluding diaryl/α,β-unsaturated/α-hetero) is 1. The van der Waals surface area contributed by atoms with E-state index in [9.17, 15) is 18.0 Å². The predicted octanol–water partition coefficient (Wildman–Crippen LogP) is 2.18. The number of aromatic nitrogens is 2. The number of halogens is 3. The van der Waals surface area contributed by atoms with Crippen LogP contribution in [0.3, 0.4) is 0 Å². The molecule has 1 aliphatic carbocycles. The molecule has 0 amide bonds. The van der Waals surface area contributed by atoms with Crippen LogP contribution in [-0.4, -0.2) is 22.1 Å². The maximum absolute atomic E-state index is 12.1. The second-order valence-electron chi connectivity index (χ2n) is 3.85. The molecule has 0 spiro atoms. The summed E-state index contributed by atoms with van der Waals surface area (Å²) in [6.07, 6.45) is -3.03. The first-order valence-corrected chi connectivity index (χ1v) is 4.84. The Balaban J connectivity index is 2.13. The third kappa shape index (κ3) is 2.07. The maximum Gasteiger partial charge on any atom is 0.450 e. The summed E-state index contributed by atoms with van der Waals surface area (Å²) in [6.45, 7) is 1.11. The van der Waals surface area contributed by atoms with Crippen LogP contribution in [0.1, 0.15) is 43.3 Å². The molecule has 0 bridgehead atoms. The molecule has 1 aliphatic rings. The van der Waals surface area contributed by atoms with Crippen molar-refractivity contribution in [2.75, 3.05) is 0 Å². The SMILES string of the molecule is CC(C(=O)C(F)(F)F)c1nc(C2CC2)no1. The fourth-order valence-electron chi connectivity index (χ4n) is 1.29. The smallest absolute Gasteiger partial charge is 0.339 e. The lowest BCUT2D eigenvalue weighted by molar-refractivity contribution is -0.172. The minimum Gasteiger partial charge on any atom is -0.339 e. The van der Waals surface area contributed by atoms with E-state index < -0.39 is 17.9 Å². The van der Waals surface area contributed by atoms with E-state index in [0.717, 1.165) is 19.8 Å². The van der Waals surface area contributed by atoms with E-state index in [0.29, 0.717) is 5.82 Å². The Hall–Kier alpha value is -1.40. The molecular weight excluding hydrogens is 225 g/mol. The van der Waals surface area contributed by atoms with Crippen molar-refractivity contribution in [3.63, 3.8) is 0 Å². The lowest BCUT2D eigenvalue weighted by atomic mass is 10.1. The molecule has 1 fully saturated rings. The predicted molar refractivity (Wildman–Crippen MR) is 45.8 cm³/mol. The minimum absolute atomic E-state index is 0.186. The highest BCUT2D eigenvalue weighted by molar-refractivity contribution is 5.89. The van der Waals surface area contributed by atoms with Gasteiger partial charge in [0.1, 0.15) is 5.92 Å². The average molecular weight is 234 g/mol. The number of hydrogen-bond acceptors (Lipinski definition) is 4. The molecule has 0 aliphatic heterocycles. The molecule has 0 N–H and O–H groups in total. The number of ketones is 1. The third-order valence-electron chi connectivity index (χ3n) is 2.44. The summed E-state index contributed by atoms with van der Waals surface area (Å²) in [5.74, 6) is -2.97. The van der Waals surface area contributed by atoms with Crippen LogP contribution in [0, 0.1) is 0 Å². The first kappa shape index (κ1) is 11.1. The highest BCUT2D eigenvalue weighted by Crippen LogP contribution is 2.38. The minimum atomic E-state index is -4.87. The fourth-order valence-corrected chi connectivity index (χ4v) is 1.29. The quantitative estimate of drug-likeness (QED) is 0.804. The molecule has 1 saturated carbocycles. The van der Waals surface area contributed by atoms with Gasteiger partial charge in [-0.3, -0.25) is 4.79 Å². The summed E-state index contributed by atoms with van der Waals surface area (Å²) in [7, 11) is 0. The number of nitrogens with zero attached hydrogens (tertiary/aromatic N) is 2. The van der Waals surface area contributed by atoms with Gasteiger partial charge in [-0.25, -0.2) is 0 Å². The van der Waals surface area contributed by atoms with Crippen LogP contribution < -0.4 is 0 Å². The van der Waals surface area contributed by atoms with Crippen molar-refractivity contribution >= 4 is 5.78 Å². The van der Waals surface area contributed by atoms with Crippen molar-refractivity contribution in [1.82, 2.24) is 10.1 Å². The zero-order valence-electron chi connectivity index (χ0n) is 8.41. The molecule has 0 aromatic carbocycles. The Morgan fingerprint density at radius 1 is 1.50 bits per heavy atom. The van der Waals surface area contributed by atoms with Gasteiger partial charge < -0.3 is 4.52 Å². The molecule has 1 atom stereocenters. The molecule has 2 rings (SSSR count). The average Bonchev–Trinajstić information content (AvgIpc) is 2.93. The van der Waals surface area contributed by atoms with Crippen molar-refractivity contribution in [2.24, 2.45) is 0 Å². The zero-order chi connectivity index (χ0) is 11.9. The van der Waals surface area contributed by atoms with Crippen LogP contribution in [0.25, 0.3) is 0 Å². The standard InChI is InChI=1S/C9H9F3N2O2/c1-4(6(15)9(10,11)12)8-13-7(14-16-8)5-2-3-5/h4-5H,2-3H2,1H3. The lowest BCUT2D eigenvalue weighted by Gasteiger charge is -2.07. The number of alkyl halides is 3. The molecule has 0 radical (unpaired) electrons. The first-order valence-electron chi connectivity index (χ1n) is 4.84. The monoisotopic (exact) mass is 234 g/mol. The number of hydrogen-bond donors (Lipinski definition) is 0. The van der Waals surface area contributed by atoms with Gasteiger partial charge in [-0.1, -0.05) is 5.16 Å². The van der Waals surface area contributed by atoms with E-state index in [1.165, 1.54) is 0 Å². The van der Waals surface area contributed by atoms with E-state index in [1.807, 2.05) is 0 Å². The van der Waals surface area contributed by atoms with Gasteiger partial charge in [0.15, 0.2) is 5.82 Å². The molecule has 0 saturated heterocycles. The molecule has 88 valence electrons. The Bertz CT molecular complexity index is 409. The summed E-state index contributed by atoms with van der Waals surface area (Å²) in [5.41, 5.74) is 0. The Kier molecular flexibility index (Phi) is 2.47. The van der Waals surface area contributed by atoms with Crippen LogP contribution >= 0.6 is 0 Å². The van der Waals surface area contributed by atoms with Crippen molar-refractivity contribution in [1.29, 1.82) is 0 Å². The highest BCUT2D eigenvalue weighted by atomic mass is 19.4. The second-order valence-corrected chi connectivity index (χ2v) is 3.85. The van der Waals surface area contributed by atoms with Gasteiger partial charge in [0.05, 0.1) is 0 Å². The molecular formula is C9H9F3N2O2. The molecule has 1 aromatic rings. The number of rotatable bonds is 3. The van der Waals surface area contributed by atoms with Gasteiger partial charge in [0.2, 0.25) is 11.7 Å². The van der Waals surface area contributed by atoms with Crippen LogP contribution in [0.5, 0.6) is 0 Å². The summed E-state index contributed by atoms with van der Waals surface area (Å²) in [4.78, 5) is 14.7. The molecule has 1 aromatic heterocycles. The van der Waals surface area contributed by atoms with Crippen molar-refractivity contribution in [3.8, 4) is 0 Å². The summed E-state index contributed by atoms with van der Waals surface area (Å²) in [5, 5.41) is 3.56. The van der Waals surface area contributed by atoms with E-state index >= 15 is 0 Å². The van der Waals surface area contributed by atoms with Crippen LogP contribution in [0.4, 0.5) is 13.2 Å². The van der Waals surface area contributed by atoms with E-state index in [2.05, 4.69) is 14.7 Å². The Labute approximate surface area is 88.8 Å². The maximum atomic E-state index is 12.1. The van der Waals surface area contributed by atoms with Gasteiger partial charge in [0.25, 0.3) is 0 Å². The highest BCUT2D eigenvalue weighted by Gasteiger charge is 2.44. The molecule has 16 heavy (non-hydrogen) atoms. The molecule has 4 nitrogen and oxygen atoms in total. The molecule has 1 unspecified atom stereocenters. The number of carbonyl (C=O) groups excluding carboxylic acids is 1. The lowest BCUT2D eigenvalue weighted by Crippen LogP contribution is -2.27. The van der Waals surface area contributed by atoms with Gasteiger partial charge >= 0.3 is 6.18 Å². The van der Waals surface area contributed by atoms with Crippen molar-refractivity contribution < 1.29 is 22.5 Å². The van der Waals surface area contributed by atoms with Gasteiger partial charge in [-0.05, 0) is 19.8 Å². The van der Waals surface area contributed by atoms with Crippen molar-refractivity contribution in [3.05, 3.63) is 11.7 Å². The zero-order valence-corrected chi connectivity index (χ0v) is 8.41. The van der Waals surface area contributed by atoms with Crippen molar-refractivity contribution in [2.45, 2.75) is 37.8 Å². The van der Waals surface area contributed by atoms with Gasteiger partial charge in [-0.2, -0.15) is 18.2 Å². The van der Waals surface area contributed by atoms with Crippen LogP contribution in [0.15, 0.2) is 4.52 Å². The van der Waals surface area contributed by atoms with E-state index in [4.69, 9.17) is 0 Å². The Morgan fingerprint density at radius 2 is 2.12 bits per heavy atom. The van der Waals surface area contributed by atoms with E-state index in [1.54, 1.807) is 0 Å². The van der Waals surface area contributed by atoms with E-state index in [-0.39, 0.29) is 11.8 Å². The van der Waals surface area contributed by atoms with Crippen LogP contribution in [-0.2, 0) is 4.79 Å². The molecule has 7 heteroatoms. The van der Waals surface area contributed by atoms with Gasteiger partial charge in [-0.15, -0.1) is 0 Å². The summed E-state index contributed by atoms with van der Waals surface area (Å²) in [6, 6.07) is 0. The molecule has 1 heterocycles. The Morgan fingerprint density at radius 3 is 2.62 bits per heavy atom. The normalized spacial score (nSPS) is 18.5. The fraction of sp³-hybridized carbons (Fsp3) is 0.667. The second kappa shape index (κ2) is 3.57. The topological polar surface area (TPSA) is 56.0 Å². The summed E-state index contributed by atoms with van der Waals surface area (Å²) < 4.78 is 41.0.